The van der Waals surface area contributed by atoms with Gasteiger partial charge in [-0.3, -0.25) is 4.79 Å². The number of aromatic amines is 1. The molecule has 0 aliphatic heterocycles. The van der Waals surface area contributed by atoms with Crippen LogP contribution in [-0.4, -0.2) is 4.98 Å². The molecule has 4 nitrogen and oxygen atoms in total. The van der Waals surface area contributed by atoms with Gasteiger partial charge in [0.05, 0.1) is 18.3 Å². The van der Waals surface area contributed by atoms with Crippen molar-refractivity contribution in [1.82, 2.24) is 10.3 Å². The summed E-state index contributed by atoms with van der Waals surface area (Å²) >= 11 is 0. The zero-order valence-electron chi connectivity index (χ0n) is 12.0. The predicted octanol–water partition coefficient (Wildman–Crippen LogP) is 2.97. The van der Waals surface area contributed by atoms with Gasteiger partial charge in [0.1, 0.15) is 5.76 Å². The molecular formula is C17H18N2O2. The fraction of sp³-hybridized carbons (Fsp3) is 0.235. The fourth-order valence-electron chi connectivity index (χ4n) is 2.50. The monoisotopic (exact) mass is 282 g/mol. The highest BCUT2D eigenvalue weighted by molar-refractivity contribution is 5.82. The molecule has 1 aromatic carbocycles. The van der Waals surface area contributed by atoms with Crippen molar-refractivity contribution in [3.63, 3.8) is 0 Å². The van der Waals surface area contributed by atoms with E-state index >= 15 is 0 Å². The van der Waals surface area contributed by atoms with Crippen molar-refractivity contribution >= 4 is 10.9 Å². The summed E-state index contributed by atoms with van der Waals surface area (Å²) in [4.78, 5) is 15.2. The molecule has 0 fully saturated rings. The Labute approximate surface area is 122 Å². The highest BCUT2D eigenvalue weighted by atomic mass is 16.3. The number of aromatic nitrogens is 1. The van der Waals surface area contributed by atoms with Crippen LogP contribution in [0.2, 0.25) is 0 Å². The maximum atomic E-state index is 12.2. The molecule has 3 rings (SSSR count). The summed E-state index contributed by atoms with van der Waals surface area (Å²) in [5.74, 6) is 0.862. The lowest BCUT2D eigenvalue weighted by Crippen LogP contribution is -2.20. The average Bonchev–Trinajstić information content (AvgIpc) is 3.00. The van der Waals surface area contributed by atoms with Crippen molar-refractivity contribution < 1.29 is 4.42 Å². The summed E-state index contributed by atoms with van der Waals surface area (Å²) < 4.78 is 5.25. The van der Waals surface area contributed by atoms with Crippen LogP contribution < -0.4 is 10.9 Å². The molecule has 0 saturated heterocycles. The van der Waals surface area contributed by atoms with Gasteiger partial charge < -0.3 is 14.7 Å². The minimum atomic E-state index is -0.0321. The molecule has 0 unspecified atom stereocenters. The molecule has 2 aromatic heterocycles. The van der Waals surface area contributed by atoms with E-state index < -0.39 is 0 Å². The van der Waals surface area contributed by atoms with Crippen LogP contribution in [0, 0.1) is 0 Å². The topological polar surface area (TPSA) is 58.0 Å². The predicted molar refractivity (Wildman–Crippen MR) is 83.2 cm³/mol. The van der Waals surface area contributed by atoms with Crippen molar-refractivity contribution in [2.24, 2.45) is 0 Å². The van der Waals surface area contributed by atoms with Crippen LogP contribution in [0.5, 0.6) is 0 Å². The summed E-state index contributed by atoms with van der Waals surface area (Å²) in [6.45, 7) is 3.22. The number of hydrogen-bond acceptors (Lipinski definition) is 3. The van der Waals surface area contributed by atoms with E-state index in [0.717, 1.165) is 28.6 Å². The quantitative estimate of drug-likeness (QED) is 0.756. The molecule has 0 bridgehead atoms. The standard InChI is InChI=1S/C17H18N2O2/c1-2-12-5-3-6-13-9-14(17(20)19-16(12)13)10-18-11-15-7-4-8-21-15/h3-9,18H,2,10-11H2,1H3,(H,19,20). The van der Waals surface area contributed by atoms with Crippen molar-refractivity contribution in [2.45, 2.75) is 26.4 Å². The first-order valence-corrected chi connectivity index (χ1v) is 7.15. The second kappa shape index (κ2) is 5.97. The first kappa shape index (κ1) is 13.6. The van der Waals surface area contributed by atoms with Crippen LogP contribution in [0.25, 0.3) is 10.9 Å². The van der Waals surface area contributed by atoms with E-state index in [1.807, 2.05) is 36.4 Å². The molecule has 0 saturated carbocycles. The maximum Gasteiger partial charge on any atom is 0.252 e. The molecule has 2 N–H and O–H groups in total. The van der Waals surface area contributed by atoms with Crippen LogP contribution in [0.3, 0.4) is 0 Å². The zero-order valence-corrected chi connectivity index (χ0v) is 12.0. The Morgan fingerprint density at radius 1 is 1.14 bits per heavy atom. The third-order valence-electron chi connectivity index (χ3n) is 3.62. The van der Waals surface area contributed by atoms with Crippen LogP contribution >= 0.6 is 0 Å². The number of aryl methyl sites for hydroxylation is 1. The Morgan fingerprint density at radius 2 is 2.05 bits per heavy atom. The van der Waals surface area contributed by atoms with E-state index in [-0.39, 0.29) is 5.56 Å². The number of rotatable bonds is 5. The third kappa shape index (κ3) is 2.90. The van der Waals surface area contributed by atoms with E-state index in [1.165, 1.54) is 5.56 Å². The van der Waals surface area contributed by atoms with Gasteiger partial charge in [-0.15, -0.1) is 0 Å². The summed E-state index contributed by atoms with van der Waals surface area (Å²) in [5, 5.41) is 4.30. The first-order valence-electron chi connectivity index (χ1n) is 7.15. The largest absolute Gasteiger partial charge is 0.468 e. The summed E-state index contributed by atoms with van der Waals surface area (Å²) in [6.07, 6.45) is 2.55. The van der Waals surface area contributed by atoms with Gasteiger partial charge in [-0.05, 0) is 35.6 Å². The SMILES string of the molecule is CCc1cccc2cc(CNCc3ccco3)c(=O)[nH]c12. The second-order valence-corrected chi connectivity index (χ2v) is 5.04. The molecule has 0 amide bonds. The summed E-state index contributed by atoms with van der Waals surface area (Å²) in [7, 11) is 0. The molecule has 0 aliphatic carbocycles. The highest BCUT2D eigenvalue weighted by Gasteiger charge is 2.05. The van der Waals surface area contributed by atoms with Crippen LogP contribution in [0.4, 0.5) is 0 Å². The summed E-state index contributed by atoms with van der Waals surface area (Å²) in [6, 6.07) is 11.8. The van der Waals surface area contributed by atoms with Gasteiger partial charge in [-0.2, -0.15) is 0 Å². The maximum absolute atomic E-state index is 12.2. The number of nitrogens with one attached hydrogen (secondary N) is 2. The Bertz CT molecular complexity index is 788. The molecule has 0 spiro atoms. The van der Waals surface area contributed by atoms with Gasteiger partial charge in [0.2, 0.25) is 0 Å². The molecule has 0 radical (unpaired) electrons. The molecule has 2 heterocycles. The van der Waals surface area contributed by atoms with Crippen LogP contribution in [-0.2, 0) is 19.5 Å². The van der Waals surface area contributed by atoms with E-state index in [1.54, 1.807) is 6.26 Å². The fourth-order valence-corrected chi connectivity index (χ4v) is 2.50. The van der Waals surface area contributed by atoms with Crippen molar-refractivity contribution in [2.75, 3.05) is 0 Å². The van der Waals surface area contributed by atoms with Gasteiger partial charge in [0.25, 0.3) is 5.56 Å². The lowest BCUT2D eigenvalue weighted by molar-refractivity contribution is 0.482. The normalized spacial score (nSPS) is 11.1. The Morgan fingerprint density at radius 3 is 2.81 bits per heavy atom. The number of para-hydroxylation sites is 1. The number of hydrogen-bond donors (Lipinski definition) is 2. The van der Waals surface area contributed by atoms with Gasteiger partial charge in [0.15, 0.2) is 0 Å². The minimum Gasteiger partial charge on any atom is -0.468 e. The third-order valence-corrected chi connectivity index (χ3v) is 3.62. The van der Waals surface area contributed by atoms with Crippen molar-refractivity contribution in [3.05, 3.63) is 69.9 Å². The number of benzene rings is 1. The minimum absolute atomic E-state index is 0.0321. The summed E-state index contributed by atoms with van der Waals surface area (Å²) in [5.41, 5.74) is 2.82. The van der Waals surface area contributed by atoms with Crippen LogP contribution in [0.15, 0.2) is 51.9 Å². The smallest absolute Gasteiger partial charge is 0.252 e. The highest BCUT2D eigenvalue weighted by Crippen LogP contribution is 2.16. The molecule has 4 heteroatoms. The molecule has 21 heavy (non-hydrogen) atoms. The second-order valence-electron chi connectivity index (χ2n) is 5.04. The molecular weight excluding hydrogens is 264 g/mol. The number of furan rings is 1. The van der Waals surface area contributed by atoms with E-state index in [0.29, 0.717) is 13.1 Å². The van der Waals surface area contributed by atoms with Gasteiger partial charge in [-0.25, -0.2) is 0 Å². The molecule has 108 valence electrons. The van der Waals surface area contributed by atoms with Gasteiger partial charge in [-0.1, -0.05) is 25.1 Å². The molecule has 0 aliphatic rings. The Kier molecular flexibility index (Phi) is 3.88. The zero-order chi connectivity index (χ0) is 14.7. The number of H-pyrrole nitrogens is 1. The van der Waals surface area contributed by atoms with Gasteiger partial charge >= 0.3 is 0 Å². The lowest BCUT2D eigenvalue weighted by atomic mass is 10.1. The number of fused-ring (bicyclic) bond motifs is 1. The molecule has 3 aromatic rings. The van der Waals surface area contributed by atoms with Crippen LogP contribution in [0.1, 0.15) is 23.8 Å². The van der Waals surface area contributed by atoms with Crippen molar-refractivity contribution in [1.29, 1.82) is 0 Å². The van der Waals surface area contributed by atoms with Gasteiger partial charge in [0, 0.05) is 12.1 Å². The van der Waals surface area contributed by atoms with Crippen molar-refractivity contribution in [3.8, 4) is 0 Å². The lowest BCUT2D eigenvalue weighted by Gasteiger charge is -2.07. The van der Waals surface area contributed by atoms with E-state index in [4.69, 9.17) is 4.42 Å². The number of pyridine rings is 1. The Hall–Kier alpha value is -2.33. The average molecular weight is 282 g/mol. The first-order chi connectivity index (χ1) is 10.3. The van der Waals surface area contributed by atoms with E-state index in [2.05, 4.69) is 17.2 Å². The van der Waals surface area contributed by atoms with E-state index in [9.17, 15) is 4.79 Å². The Balaban J connectivity index is 1.82. The molecule has 0 atom stereocenters.